The molecule has 1 N–H and O–H groups in total. The third-order valence-electron chi connectivity index (χ3n) is 1.26. The average molecular weight is 187 g/mol. The fourth-order valence-corrected chi connectivity index (χ4v) is 0.699. The van der Waals surface area contributed by atoms with Crippen molar-refractivity contribution in [3.63, 3.8) is 0 Å². The Labute approximate surface area is 76.7 Å². The number of nitrogens with zero attached hydrogens (tertiary/aromatic N) is 1. The molecule has 0 atom stereocenters. The van der Waals surface area contributed by atoms with Gasteiger partial charge in [-0.1, -0.05) is 0 Å². The van der Waals surface area contributed by atoms with Gasteiger partial charge in [0.2, 0.25) is 0 Å². The number of aliphatic hydroxyl groups is 1. The molecule has 13 heavy (non-hydrogen) atoms. The van der Waals surface area contributed by atoms with E-state index in [-0.39, 0.29) is 17.9 Å². The largest absolute Gasteiger partial charge is 0.509 e. The Balaban J connectivity index is 4.76. The lowest BCUT2D eigenvalue weighted by atomic mass is 10.2. The van der Waals surface area contributed by atoms with Gasteiger partial charge in [-0.3, -0.25) is 4.99 Å². The first-order valence-corrected chi connectivity index (χ1v) is 3.58. The molecule has 0 saturated carbocycles. The molecule has 0 saturated heterocycles. The Kier molecular flexibility index (Phi) is 5.54. The molecule has 74 valence electrons. The van der Waals surface area contributed by atoms with Crippen LogP contribution in [0.5, 0.6) is 0 Å². The van der Waals surface area contributed by atoms with Crippen LogP contribution in [0.1, 0.15) is 0 Å². The molecular formula is C8H13NO4. The van der Waals surface area contributed by atoms with E-state index in [2.05, 4.69) is 14.5 Å². The highest BCUT2D eigenvalue weighted by Gasteiger charge is 2.12. The Hall–Kier alpha value is -1.36. The molecule has 0 aromatic rings. The van der Waals surface area contributed by atoms with Crippen LogP contribution in [-0.2, 0) is 14.3 Å². The third-order valence-corrected chi connectivity index (χ3v) is 1.26. The first-order valence-electron chi connectivity index (χ1n) is 3.58. The number of rotatable bonds is 4. The molecule has 0 fully saturated rings. The fourth-order valence-electron chi connectivity index (χ4n) is 0.699. The summed E-state index contributed by atoms with van der Waals surface area (Å²) < 4.78 is 9.08. The van der Waals surface area contributed by atoms with Gasteiger partial charge in [0.25, 0.3) is 0 Å². The Morgan fingerprint density at radius 1 is 1.54 bits per heavy atom. The molecule has 0 spiro atoms. The summed E-state index contributed by atoms with van der Waals surface area (Å²) in [5, 5.41) is 9.30. The second-order valence-electron chi connectivity index (χ2n) is 2.17. The van der Waals surface area contributed by atoms with Crippen molar-refractivity contribution in [1.82, 2.24) is 0 Å². The molecule has 0 bridgehead atoms. The highest BCUT2D eigenvalue weighted by atomic mass is 16.5. The molecule has 0 radical (unpaired) electrons. The molecule has 0 aromatic heterocycles. The maximum absolute atomic E-state index is 11.0. The number of carbonyl (C=O) groups excluding carboxylic acids is 1. The lowest BCUT2D eigenvalue weighted by Gasteiger charge is -2.03. The molecular weight excluding hydrogens is 174 g/mol. The predicted molar refractivity (Wildman–Crippen MR) is 48.0 cm³/mol. The monoisotopic (exact) mass is 187 g/mol. The molecule has 0 amide bonds. The van der Waals surface area contributed by atoms with Crippen LogP contribution in [-0.4, -0.2) is 45.2 Å². The van der Waals surface area contributed by atoms with Gasteiger partial charge >= 0.3 is 5.97 Å². The molecule has 0 aliphatic rings. The number of aliphatic imine (C=N–C) groups is 1. The van der Waals surface area contributed by atoms with Crippen molar-refractivity contribution in [1.29, 1.82) is 0 Å². The molecule has 0 unspecified atom stereocenters. The number of ether oxygens (including phenoxy) is 2. The van der Waals surface area contributed by atoms with Gasteiger partial charge in [0.05, 0.1) is 7.11 Å². The van der Waals surface area contributed by atoms with Crippen molar-refractivity contribution in [2.24, 2.45) is 4.99 Å². The summed E-state index contributed by atoms with van der Waals surface area (Å²) in [7, 11) is 4.13. The first kappa shape index (κ1) is 11.6. The number of esters is 1. The summed E-state index contributed by atoms with van der Waals surface area (Å²) in [6, 6.07) is 0. The second-order valence-corrected chi connectivity index (χ2v) is 2.17. The van der Waals surface area contributed by atoms with E-state index in [0.717, 1.165) is 0 Å². The third kappa shape index (κ3) is 3.71. The van der Waals surface area contributed by atoms with Crippen molar-refractivity contribution >= 4 is 12.2 Å². The van der Waals surface area contributed by atoms with Gasteiger partial charge in [0.15, 0.2) is 0 Å². The minimum atomic E-state index is -0.639. The van der Waals surface area contributed by atoms with Crippen LogP contribution >= 0.6 is 0 Å². The van der Waals surface area contributed by atoms with Crippen LogP contribution < -0.4 is 0 Å². The second kappa shape index (κ2) is 6.19. The van der Waals surface area contributed by atoms with E-state index in [0.29, 0.717) is 0 Å². The SMILES string of the molecule is CN=CC(C(=O)OC)=C(O)COC. The van der Waals surface area contributed by atoms with E-state index in [9.17, 15) is 9.90 Å². The molecule has 0 aliphatic carbocycles. The fraction of sp³-hybridized carbons (Fsp3) is 0.500. The first-order chi connectivity index (χ1) is 6.17. The molecule has 0 heterocycles. The number of methoxy groups -OCH3 is 2. The summed E-state index contributed by atoms with van der Waals surface area (Å²) in [5.74, 6) is -0.833. The van der Waals surface area contributed by atoms with E-state index < -0.39 is 5.97 Å². The van der Waals surface area contributed by atoms with Crippen LogP contribution in [0, 0.1) is 0 Å². The maximum Gasteiger partial charge on any atom is 0.342 e. The van der Waals surface area contributed by atoms with Gasteiger partial charge in [0, 0.05) is 20.4 Å². The molecule has 5 nitrogen and oxygen atoms in total. The quantitative estimate of drug-likeness (QED) is 0.298. The number of aliphatic hydroxyl groups excluding tert-OH is 1. The smallest absolute Gasteiger partial charge is 0.342 e. The lowest BCUT2D eigenvalue weighted by molar-refractivity contribution is -0.135. The standard InChI is InChI=1S/C8H13NO4/c1-9-4-6(8(11)13-3)7(10)5-12-2/h4,10H,5H2,1-3H3. The van der Waals surface area contributed by atoms with Gasteiger partial charge < -0.3 is 14.6 Å². The zero-order chi connectivity index (χ0) is 10.3. The minimum Gasteiger partial charge on any atom is -0.509 e. The number of hydrogen-bond donors (Lipinski definition) is 1. The summed E-state index contributed by atoms with van der Waals surface area (Å²) >= 11 is 0. The molecule has 0 aliphatic heterocycles. The predicted octanol–water partition coefficient (Wildman–Crippen LogP) is 0.318. The van der Waals surface area contributed by atoms with Crippen molar-refractivity contribution in [2.75, 3.05) is 27.9 Å². The van der Waals surface area contributed by atoms with Crippen LogP contribution in [0.25, 0.3) is 0 Å². The lowest BCUT2D eigenvalue weighted by Crippen LogP contribution is -2.11. The number of carbonyl (C=O) groups is 1. The van der Waals surface area contributed by atoms with Gasteiger partial charge in [-0.05, 0) is 0 Å². The molecule has 0 rings (SSSR count). The van der Waals surface area contributed by atoms with Crippen molar-refractivity contribution in [3.8, 4) is 0 Å². The zero-order valence-electron chi connectivity index (χ0n) is 7.90. The Bertz CT molecular complexity index is 232. The van der Waals surface area contributed by atoms with Crippen molar-refractivity contribution in [2.45, 2.75) is 0 Å². The van der Waals surface area contributed by atoms with Crippen molar-refractivity contribution in [3.05, 3.63) is 11.3 Å². The van der Waals surface area contributed by atoms with Crippen LogP contribution in [0.4, 0.5) is 0 Å². The maximum atomic E-state index is 11.0. The Morgan fingerprint density at radius 2 is 2.15 bits per heavy atom. The van der Waals surface area contributed by atoms with E-state index in [1.807, 2.05) is 0 Å². The normalized spacial score (nSPS) is 12.8. The average Bonchev–Trinajstić information content (AvgIpc) is 2.13. The van der Waals surface area contributed by atoms with Gasteiger partial charge in [-0.25, -0.2) is 4.79 Å². The highest BCUT2D eigenvalue weighted by molar-refractivity contribution is 6.09. The summed E-state index contributed by atoms with van der Waals surface area (Å²) in [4.78, 5) is 14.6. The van der Waals surface area contributed by atoms with E-state index in [1.165, 1.54) is 27.5 Å². The van der Waals surface area contributed by atoms with Crippen molar-refractivity contribution < 1.29 is 19.4 Å². The van der Waals surface area contributed by atoms with E-state index in [4.69, 9.17) is 0 Å². The van der Waals surface area contributed by atoms with Gasteiger partial charge in [-0.2, -0.15) is 0 Å². The van der Waals surface area contributed by atoms with Gasteiger partial charge in [-0.15, -0.1) is 0 Å². The highest BCUT2D eigenvalue weighted by Crippen LogP contribution is 2.01. The molecule has 0 aromatic carbocycles. The zero-order valence-corrected chi connectivity index (χ0v) is 7.90. The van der Waals surface area contributed by atoms with Crippen LogP contribution in [0.2, 0.25) is 0 Å². The van der Waals surface area contributed by atoms with E-state index >= 15 is 0 Å². The minimum absolute atomic E-state index is 0.00634. The van der Waals surface area contributed by atoms with Crippen LogP contribution in [0.3, 0.4) is 0 Å². The molecule has 5 heteroatoms. The summed E-state index contributed by atoms with van der Waals surface area (Å²) in [6.45, 7) is -0.0452. The van der Waals surface area contributed by atoms with Crippen LogP contribution in [0.15, 0.2) is 16.3 Å². The summed E-state index contributed by atoms with van der Waals surface area (Å²) in [5.41, 5.74) is 0.00634. The van der Waals surface area contributed by atoms with E-state index in [1.54, 1.807) is 0 Å². The topological polar surface area (TPSA) is 68.1 Å². The Morgan fingerprint density at radius 3 is 2.54 bits per heavy atom. The number of hydrogen-bond acceptors (Lipinski definition) is 5. The van der Waals surface area contributed by atoms with Gasteiger partial charge in [0.1, 0.15) is 17.9 Å². The summed E-state index contributed by atoms with van der Waals surface area (Å²) in [6.07, 6.45) is 1.22.